The van der Waals surface area contributed by atoms with Crippen LogP contribution in [0, 0.1) is 0 Å². The SMILES string of the molecule is CCCCCCCCCOc1ccc(-c2ccc(C3CCC(OC(=O)[C@@H](F)CCCC)CC3)cc2)cc1Cl. The number of ether oxygens (including phenoxy) is 2. The van der Waals surface area contributed by atoms with E-state index < -0.39 is 12.1 Å². The fraction of sp³-hybridized carbons (Fsp3) is 0.606. The summed E-state index contributed by atoms with van der Waals surface area (Å²) >= 11 is 6.54. The van der Waals surface area contributed by atoms with Gasteiger partial charge in [-0.3, -0.25) is 0 Å². The van der Waals surface area contributed by atoms with E-state index in [0.29, 0.717) is 24.0 Å². The number of carbonyl (C=O) groups is 1. The molecule has 210 valence electrons. The van der Waals surface area contributed by atoms with E-state index in [-0.39, 0.29) is 12.5 Å². The fourth-order valence-electron chi connectivity index (χ4n) is 5.24. The van der Waals surface area contributed by atoms with Crippen LogP contribution in [0.2, 0.25) is 5.02 Å². The van der Waals surface area contributed by atoms with E-state index in [2.05, 4.69) is 37.3 Å². The Morgan fingerprint density at radius 1 is 0.868 bits per heavy atom. The molecule has 3 nitrogen and oxygen atoms in total. The van der Waals surface area contributed by atoms with Crippen molar-refractivity contribution in [3.8, 4) is 16.9 Å². The molecule has 1 fully saturated rings. The average Bonchev–Trinajstić information content (AvgIpc) is 2.94. The average molecular weight is 545 g/mol. The Bertz CT molecular complexity index is 953. The van der Waals surface area contributed by atoms with E-state index in [0.717, 1.165) is 55.4 Å². The second kappa shape index (κ2) is 16.8. The van der Waals surface area contributed by atoms with Gasteiger partial charge in [0.15, 0.2) is 6.17 Å². The summed E-state index contributed by atoms with van der Waals surface area (Å²) in [6.45, 7) is 4.94. The van der Waals surface area contributed by atoms with Crippen molar-refractivity contribution < 1.29 is 18.7 Å². The molecule has 38 heavy (non-hydrogen) atoms. The number of benzene rings is 2. The number of esters is 1. The molecule has 1 saturated carbocycles. The summed E-state index contributed by atoms with van der Waals surface area (Å²) in [6, 6.07) is 14.7. The third-order valence-corrected chi connectivity index (χ3v) is 7.97. The molecule has 0 aliphatic heterocycles. The van der Waals surface area contributed by atoms with Gasteiger partial charge in [0.2, 0.25) is 0 Å². The minimum Gasteiger partial charge on any atom is -0.492 e. The van der Waals surface area contributed by atoms with Crippen LogP contribution in [0.25, 0.3) is 11.1 Å². The van der Waals surface area contributed by atoms with E-state index in [4.69, 9.17) is 21.1 Å². The molecule has 0 heterocycles. The van der Waals surface area contributed by atoms with Gasteiger partial charge in [-0.2, -0.15) is 0 Å². The second-order valence-electron chi connectivity index (χ2n) is 10.8. The van der Waals surface area contributed by atoms with Gasteiger partial charge >= 0.3 is 5.97 Å². The molecular weight excluding hydrogens is 499 g/mol. The second-order valence-corrected chi connectivity index (χ2v) is 11.2. The number of halogens is 2. The number of rotatable bonds is 16. The van der Waals surface area contributed by atoms with Crippen LogP contribution in [0.1, 0.15) is 115 Å². The van der Waals surface area contributed by atoms with E-state index in [9.17, 15) is 9.18 Å². The molecule has 2 aromatic rings. The minimum absolute atomic E-state index is 0.161. The van der Waals surface area contributed by atoms with Gasteiger partial charge in [0, 0.05) is 0 Å². The highest BCUT2D eigenvalue weighted by Crippen LogP contribution is 2.36. The van der Waals surface area contributed by atoms with Gasteiger partial charge in [-0.05, 0) is 73.3 Å². The summed E-state index contributed by atoms with van der Waals surface area (Å²) in [5, 5.41) is 0.646. The molecule has 0 N–H and O–H groups in total. The van der Waals surface area contributed by atoms with Crippen molar-refractivity contribution in [1.82, 2.24) is 0 Å². The highest BCUT2D eigenvalue weighted by molar-refractivity contribution is 6.32. The lowest BCUT2D eigenvalue weighted by molar-refractivity contribution is -0.157. The van der Waals surface area contributed by atoms with Crippen LogP contribution in [0.5, 0.6) is 5.75 Å². The van der Waals surface area contributed by atoms with Crippen LogP contribution in [-0.2, 0) is 9.53 Å². The lowest BCUT2D eigenvalue weighted by Crippen LogP contribution is -2.28. The van der Waals surface area contributed by atoms with E-state index in [1.165, 1.54) is 44.1 Å². The number of carbonyl (C=O) groups excluding carboxylic acids is 1. The minimum atomic E-state index is -1.49. The molecular formula is C33H46ClFO3. The van der Waals surface area contributed by atoms with Crippen molar-refractivity contribution in [1.29, 1.82) is 0 Å². The van der Waals surface area contributed by atoms with Gasteiger partial charge in [-0.1, -0.05) is 107 Å². The Morgan fingerprint density at radius 3 is 2.16 bits per heavy atom. The Morgan fingerprint density at radius 2 is 1.50 bits per heavy atom. The third-order valence-electron chi connectivity index (χ3n) is 7.68. The molecule has 0 aromatic heterocycles. The van der Waals surface area contributed by atoms with Gasteiger partial charge in [0.25, 0.3) is 0 Å². The topological polar surface area (TPSA) is 35.5 Å². The van der Waals surface area contributed by atoms with Crippen molar-refractivity contribution in [3.63, 3.8) is 0 Å². The van der Waals surface area contributed by atoms with Gasteiger partial charge in [-0.25, -0.2) is 9.18 Å². The predicted octanol–water partition coefficient (Wildman–Crippen LogP) is 10.2. The zero-order valence-electron chi connectivity index (χ0n) is 23.4. The normalized spacial score (nSPS) is 18.2. The van der Waals surface area contributed by atoms with Crippen LogP contribution >= 0.6 is 11.6 Å². The number of alkyl halides is 1. The first-order valence-corrected chi connectivity index (χ1v) is 15.3. The first kappa shape index (κ1) is 30.5. The molecule has 0 saturated heterocycles. The van der Waals surface area contributed by atoms with Crippen molar-refractivity contribution in [3.05, 3.63) is 53.1 Å². The molecule has 1 aliphatic carbocycles. The molecule has 3 rings (SSSR count). The quantitative estimate of drug-likeness (QED) is 0.156. The first-order chi connectivity index (χ1) is 18.5. The third kappa shape index (κ3) is 9.91. The molecule has 2 aromatic carbocycles. The Kier molecular flexibility index (Phi) is 13.5. The molecule has 0 amide bonds. The summed E-state index contributed by atoms with van der Waals surface area (Å²) in [6.07, 6.45) is 12.5. The maximum absolute atomic E-state index is 13.9. The molecule has 1 atom stereocenters. The fourth-order valence-corrected chi connectivity index (χ4v) is 5.47. The summed E-state index contributed by atoms with van der Waals surface area (Å²) in [7, 11) is 0. The standard InChI is InChI=1S/C33H46ClFO3/c1-3-5-7-8-9-10-11-23-37-32-22-19-28(24-30(32)34)27-15-13-25(14-16-27)26-17-20-29(21-18-26)38-33(36)31(35)12-6-4-2/h13-16,19,22,24,26,29,31H,3-12,17-18,20-21,23H2,1-2H3/t26?,29?,31-/m0/s1. The smallest absolute Gasteiger partial charge is 0.340 e. The molecule has 1 aliphatic rings. The van der Waals surface area contributed by atoms with Crippen molar-refractivity contribution in [2.75, 3.05) is 6.61 Å². The lowest BCUT2D eigenvalue weighted by Gasteiger charge is -2.29. The molecule has 0 radical (unpaired) electrons. The zero-order valence-corrected chi connectivity index (χ0v) is 24.1. The lowest BCUT2D eigenvalue weighted by atomic mass is 9.82. The summed E-state index contributed by atoms with van der Waals surface area (Å²) in [5.41, 5.74) is 3.49. The maximum Gasteiger partial charge on any atom is 0.340 e. The number of hydrogen-bond donors (Lipinski definition) is 0. The molecule has 5 heteroatoms. The van der Waals surface area contributed by atoms with Gasteiger partial charge in [-0.15, -0.1) is 0 Å². The highest BCUT2D eigenvalue weighted by Gasteiger charge is 2.27. The van der Waals surface area contributed by atoms with E-state index in [1.807, 2.05) is 19.1 Å². The zero-order chi connectivity index (χ0) is 27.2. The van der Waals surface area contributed by atoms with Crippen LogP contribution in [0.15, 0.2) is 42.5 Å². The Balaban J connectivity index is 1.43. The van der Waals surface area contributed by atoms with Crippen LogP contribution in [0.4, 0.5) is 4.39 Å². The largest absolute Gasteiger partial charge is 0.492 e. The molecule has 0 unspecified atom stereocenters. The Hall–Kier alpha value is -2.07. The monoisotopic (exact) mass is 544 g/mol. The number of hydrogen-bond acceptors (Lipinski definition) is 3. The van der Waals surface area contributed by atoms with E-state index >= 15 is 0 Å². The predicted molar refractivity (Wildman–Crippen MR) is 156 cm³/mol. The number of unbranched alkanes of at least 4 members (excludes halogenated alkanes) is 7. The van der Waals surface area contributed by atoms with Crippen LogP contribution in [-0.4, -0.2) is 24.9 Å². The first-order valence-electron chi connectivity index (χ1n) is 14.9. The van der Waals surface area contributed by atoms with Gasteiger partial charge < -0.3 is 9.47 Å². The van der Waals surface area contributed by atoms with Crippen LogP contribution in [0.3, 0.4) is 0 Å². The van der Waals surface area contributed by atoms with Crippen molar-refractivity contribution in [2.24, 2.45) is 0 Å². The Labute approximate surface area is 234 Å². The van der Waals surface area contributed by atoms with Crippen molar-refractivity contribution >= 4 is 17.6 Å². The highest BCUT2D eigenvalue weighted by atomic mass is 35.5. The summed E-state index contributed by atoms with van der Waals surface area (Å²) < 4.78 is 25.3. The summed E-state index contributed by atoms with van der Waals surface area (Å²) in [4.78, 5) is 12.0. The molecule has 0 bridgehead atoms. The van der Waals surface area contributed by atoms with Crippen molar-refractivity contribution in [2.45, 2.75) is 122 Å². The maximum atomic E-state index is 13.9. The molecule has 0 spiro atoms. The summed E-state index contributed by atoms with van der Waals surface area (Å²) in [5.74, 6) is 0.505. The van der Waals surface area contributed by atoms with Crippen LogP contribution < -0.4 is 4.74 Å². The van der Waals surface area contributed by atoms with E-state index in [1.54, 1.807) is 0 Å². The van der Waals surface area contributed by atoms with Gasteiger partial charge in [0.1, 0.15) is 11.9 Å². The van der Waals surface area contributed by atoms with Gasteiger partial charge in [0.05, 0.1) is 11.6 Å².